The quantitative estimate of drug-likeness (QED) is 0.772. The lowest BCUT2D eigenvalue weighted by molar-refractivity contribution is -0.133. The average molecular weight is 377 g/mol. The molecule has 2 aromatic rings. The summed E-state index contributed by atoms with van der Waals surface area (Å²) in [5.74, 6) is 1.28. The van der Waals surface area contributed by atoms with Crippen molar-refractivity contribution in [3.05, 3.63) is 53.5 Å². The van der Waals surface area contributed by atoms with Crippen LogP contribution >= 0.6 is 0 Å². The normalized spacial score (nSPS) is 18.6. The van der Waals surface area contributed by atoms with Gasteiger partial charge in [-0.2, -0.15) is 0 Å². The first-order chi connectivity index (χ1) is 12.4. The Hall–Kier alpha value is -2.28. The van der Waals surface area contributed by atoms with Crippen LogP contribution < -0.4 is 4.74 Å². The maximum Gasteiger partial charge on any atom is 0.227 e. The molecule has 2 heterocycles. The highest BCUT2D eigenvalue weighted by atomic mass is 32.2. The lowest BCUT2D eigenvalue weighted by Gasteiger charge is -2.28. The van der Waals surface area contributed by atoms with Crippen molar-refractivity contribution in [3.63, 3.8) is 0 Å². The van der Waals surface area contributed by atoms with Crippen molar-refractivity contribution in [2.45, 2.75) is 32.4 Å². The van der Waals surface area contributed by atoms with E-state index in [1.54, 1.807) is 30.4 Å². The van der Waals surface area contributed by atoms with Crippen LogP contribution in [0.2, 0.25) is 0 Å². The number of rotatable bonds is 6. The number of aryl methyl sites for hydroxylation is 1. The summed E-state index contributed by atoms with van der Waals surface area (Å²) in [6.07, 6.45) is 2.16. The summed E-state index contributed by atoms with van der Waals surface area (Å²) in [7, 11) is -1.52. The molecule has 1 atom stereocenters. The Bertz CT molecular complexity index is 873. The van der Waals surface area contributed by atoms with Crippen molar-refractivity contribution in [2.75, 3.05) is 18.6 Å². The van der Waals surface area contributed by atoms with Crippen LogP contribution in [0.25, 0.3) is 0 Å². The van der Waals surface area contributed by atoms with E-state index in [0.717, 1.165) is 11.1 Å². The van der Waals surface area contributed by atoms with E-state index < -0.39 is 9.84 Å². The monoisotopic (exact) mass is 377 g/mol. The average Bonchev–Trinajstić information content (AvgIpc) is 3.22. The molecule has 1 unspecified atom stereocenters. The van der Waals surface area contributed by atoms with Gasteiger partial charge in [-0.1, -0.05) is 17.7 Å². The maximum atomic E-state index is 13.1. The lowest BCUT2D eigenvalue weighted by atomic mass is 10.1. The molecule has 7 heteroatoms. The number of benzene rings is 1. The number of nitrogens with zero attached hydrogens (tertiary/aromatic N) is 1. The van der Waals surface area contributed by atoms with Crippen LogP contribution in [-0.4, -0.2) is 43.9 Å². The van der Waals surface area contributed by atoms with Crippen LogP contribution in [0.3, 0.4) is 0 Å². The Balaban J connectivity index is 1.84. The summed E-state index contributed by atoms with van der Waals surface area (Å²) in [6, 6.07) is 8.91. The lowest BCUT2D eigenvalue weighted by Crippen LogP contribution is -2.41. The molecule has 26 heavy (non-hydrogen) atoms. The molecule has 140 valence electrons. The zero-order chi connectivity index (χ0) is 18.7. The molecule has 0 N–H and O–H groups in total. The van der Waals surface area contributed by atoms with Gasteiger partial charge in [-0.25, -0.2) is 8.42 Å². The first-order valence-electron chi connectivity index (χ1n) is 8.54. The third kappa shape index (κ3) is 4.27. The molecule has 6 nitrogen and oxygen atoms in total. The van der Waals surface area contributed by atoms with Gasteiger partial charge < -0.3 is 14.1 Å². The van der Waals surface area contributed by atoms with E-state index in [0.29, 0.717) is 17.9 Å². The van der Waals surface area contributed by atoms with Gasteiger partial charge in [-0.3, -0.25) is 4.79 Å². The van der Waals surface area contributed by atoms with E-state index in [4.69, 9.17) is 9.15 Å². The van der Waals surface area contributed by atoms with E-state index >= 15 is 0 Å². The van der Waals surface area contributed by atoms with Crippen molar-refractivity contribution >= 4 is 15.7 Å². The highest BCUT2D eigenvalue weighted by molar-refractivity contribution is 7.91. The van der Waals surface area contributed by atoms with Crippen LogP contribution in [0.15, 0.2) is 41.0 Å². The Morgan fingerprint density at radius 1 is 1.35 bits per heavy atom. The minimum absolute atomic E-state index is 0.00437. The molecule has 0 aliphatic carbocycles. The van der Waals surface area contributed by atoms with Gasteiger partial charge in [0.2, 0.25) is 5.91 Å². The molecule has 0 saturated carbocycles. The number of hydrogen-bond acceptors (Lipinski definition) is 5. The zero-order valence-electron chi connectivity index (χ0n) is 15.0. The van der Waals surface area contributed by atoms with Gasteiger partial charge in [0.25, 0.3) is 0 Å². The van der Waals surface area contributed by atoms with Gasteiger partial charge in [0.05, 0.1) is 37.8 Å². The van der Waals surface area contributed by atoms with Crippen LogP contribution in [0.1, 0.15) is 23.3 Å². The minimum atomic E-state index is -3.09. The predicted molar refractivity (Wildman–Crippen MR) is 97.8 cm³/mol. The van der Waals surface area contributed by atoms with E-state index in [2.05, 4.69) is 0 Å². The standard InChI is InChI=1S/C19H23NO5S/c1-14-5-6-18(24-2)15(10-14)11-19(21)20(12-17-4-3-8-25-17)16-7-9-26(22,23)13-16/h3-6,8,10,16H,7,9,11-13H2,1-2H3. The van der Waals surface area contributed by atoms with Crippen molar-refractivity contribution < 1.29 is 22.4 Å². The van der Waals surface area contributed by atoms with Crippen molar-refractivity contribution in [1.82, 2.24) is 4.90 Å². The van der Waals surface area contributed by atoms with Crippen molar-refractivity contribution in [3.8, 4) is 5.75 Å². The smallest absolute Gasteiger partial charge is 0.227 e. The summed E-state index contributed by atoms with van der Waals surface area (Å²) in [6.45, 7) is 2.22. The van der Waals surface area contributed by atoms with Gasteiger partial charge in [0.15, 0.2) is 9.84 Å². The second kappa shape index (κ2) is 7.53. The van der Waals surface area contributed by atoms with Gasteiger partial charge >= 0.3 is 0 Å². The number of sulfone groups is 1. The Labute approximate surface area is 153 Å². The SMILES string of the molecule is COc1ccc(C)cc1CC(=O)N(Cc1ccco1)C1CCS(=O)(=O)C1. The third-order valence-electron chi connectivity index (χ3n) is 4.65. The van der Waals surface area contributed by atoms with Gasteiger partial charge in [0, 0.05) is 11.6 Å². The fourth-order valence-electron chi connectivity index (χ4n) is 3.32. The molecule has 0 spiro atoms. The molecule has 1 aromatic heterocycles. The molecule has 1 amide bonds. The summed E-state index contributed by atoms with van der Waals surface area (Å²) in [5, 5.41) is 0. The van der Waals surface area contributed by atoms with E-state index in [9.17, 15) is 13.2 Å². The van der Waals surface area contributed by atoms with E-state index in [-0.39, 0.29) is 36.4 Å². The summed E-state index contributed by atoms with van der Waals surface area (Å²) >= 11 is 0. The molecule has 1 aromatic carbocycles. The number of hydrogen-bond donors (Lipinski definition) is 0. The molecule has 0 radical (unpaired) electrons. The van der Waals surface area contributed by atoms with Crippen LogP contribution in [-0.2, 0) is 27.6 Å². The summed E-state index contributed by atoms with van der Waals surface area (Å²) < 4.78 is 34.5. The van der Waals surface area contributed by atoms with Crippen LogP contribution in [0, 0.1) is 6.92 Å². The number of furan rings is 1. The molecule has 1 saturated heterocycles. The molecule has 1 aliphatic rings. The van der Waals surface area contributed by atoms with E-state index in [1.165, 1.54) is 0 Å². The fraction of sp³-hybridized carbons (Fsp3) is 0.421. The number of carbonyl (C=O) groups is 1. The summed E-state index contributed by atoms with van der Waals surface area (Å²) in [5.41, 5.74) is 1.83. The van der Waals surface area contributed by atoms with Crippen LogP contribution in [0.5, 0.6) is 5.75 Å². The Kier molecular flexibility index (Phi) is 5.36. The number of ether oxygens (including phenoxy) is 1. The minimum Gasteiger partial charge on any atom is -0.496 e. The maximum absolute atomic E-state index is 13.1. The number of carbonyl (C=O) groups excluding carboxylic acids is 1. The zero-order valence-corrected chi connectivity index (χ0v) is 15.8. The molecular weight excluding hydrogens is 354 g/mol. The highest BCUT2D eigenvalue weighted by Crippen LogP contribution is 2.24. The fourth-order valence-corrected chi connectivity index (χ4v) is 5.05. The van der Waals surface area contributed by atoms with Gasteiger partial charge in [-0.15, -0.1) is 0 Å². The summed E-state index contributed by atoms with van der Waals surface area (Å²) in [4.78, 5) is 14.7. The topological polar surface area (TPSA) is 76.8 Å². The predicted octanol–water partition coefficient (Wildman–Crippen LogP) is 2.36. The van der Waals surface area contributed by atoms with Crippen molar-refractivity contribution in [2.24, 2.45) is 0 Å². The van der Waals surface area contributed by atoms with Crippen LogP contribution in [0.4, 0.5) is 0 Å². The third-order valence-corrected chi connectivity index (χ3v) is 6.40. The van der Waals surface area contributed by atoms with E-state index in [1.807, 2.05) is 25.1 Å². The second-order valence-electron chi connectivity index (χ2n) is 6.65. The highest BCUT2D eigenvalue weighted by Gasteiger charge is 2.35. The second-order valence-corrected chi connectivity index (χ2v) is 8.88. The number of methoxy groups -OCH3 is 1. The molecule has 1 aliphatic heterocycles. The van der Waals surface area contributed by atoms with Crippen molar-refractivity contribution in [1.29, 1.82) is 0 Å². The molecule has 1 fully saturated rings. The first kappa shape index (κ1) is 18.5. The van der Waals surface area contributed by atoms with Gasteiger partial charge in [0.1, 0.15) is 11.5 Å². The molecule has 0 bridgehead atoms. The Morgan fingerprint density at radius 3 is 2.77 bits per heavy atom. The Morgan fingerprint density at radius 2 is 2.15 bits per heavy atom. The molecular formula is C19H23NO5S. The largest absolute Gasteiger partial charge is 0.496 e. The van der Waals surface area contributed by atoms with Gasteiger partial charge in [-0.05, 0) is 31.5 Å². The molecule has 3 rings (SSSR count). The number of amides is 1. The first-order valence-corrected chi connectivity index (χ1v) is 10.4.